The first-order chi connectivity index (χ1) is 14.9. The van der Waals surface area contributed by atoms with Crippen LogP contribution < -0.4 is 5.32 Å². The van der Waals surface area contributed by atoms with Crippen molar-refractivity contribution in [2.24, 2.45) is 0 Å². The summed E-state index contributed by atoms with van der Waals surface area (Å²) in [4.78, 5) is 0.278. The lowest BCUT2D eigenvalue weighted by Crippen LogP contribution is -2.39. The average molecular weight is 477 g/mol. The van der Waals surface area contributed by atoms with E-state index in [0.717, 1.165) is 16.7 Å². The van der Waals surface area contributed by atoms with E-state index in [-0.39, 0.29) is 23.4 Å². The Balaban J connectivity index is 1.77. The van der Waals surface area contributed by atoms with E-state index in [1.165, 1.54) is 4.31 Å². The molecule has 31 heavy (non-hydrogen) atoms. The molecule has 4 nitrogen and oxygen atoms in total. The number of nitrogens with one attached hydrogen (secondary N) is 1. The predicted octanol–water partition coefficient (Wildman–Crippen LogP) is 5.26. The Morgan fingerprint density at radius 3 is 2.10 bits per heavy atom. The van der Waals surface area contributed by atoms with Gasteiger partial charge in [-0.05, 0) is 42.3 Å². The minimum absolute atomic E-state index is 0.0848. The largest absolute Gasteiger partial charge is 0.305 e. The summed E-state index contributed by atoms with van der Waals surface area (Å²) in [5.74, 6) is 0.227. The van der Waals surface area contributed by atoms with Gasteiger partial charge >= 0.3 is 0 Å². The Morgan fingerprint density at radius 1 is 0.871 bits per heavy atom. The Hall–Kier alpha value is -1.89. The van der Waals surface area contributed by atoms with Crippen molar-refractivity contribution in [1.29, 1.82) is 0 Å². The number of nitrogens with zero attached hydrogens (tertiary/aromatic N) is 1. The minimum atomic E-state index is -3.62. The summed E-state index contributed by atoms with van der Waals surface area (Å²) in [7, 11) is -3.62. The molecule has 7 heteroatoms. The summed E-state index contributed by atoms with van der Waals surface area (Å²) in [6, 6.07) is 24.5. The van der Waals surface area contributed by atoms with Crippen LogP contribution in [0.25, 0.3) is 0 Å². The number of hydrogen-bond donors (Lipinski definition) is 1. The van der Waals surface area contributed by atoms with Crippen LogP contribution in [0.1, 0.15) is 22.7 Å². The zero-order chi connectivity index (χ0) is 22.3. The summed E-state index contributed by atoms with van der Waals surface area (Å²) in [6.07, 6.45) is 0. The first-order valence-electron chi connectivity index (χ1n) is 10.1. The highest BCUT2D eigenvalue weighted by Gasteiger charge is 2.24. The van der Waals surface area contributed by atoms with Crippen LogP contribution in [0.15, 0.2) is 83.8 Å². The van der Waals surface area contributed by atoms with E-state index >= 15 is 0 Å². The molecule has 1 atom stereocenters. The summed E-state index contributed by atoms with van der Waals surface area (Å²) in [5, 5.41) is 4.18. The van der Waals surface area contributed by atoms with Gasteiger partial charge in [-0.1, -0.05) is 71.8 Å². The van der Waals surface area contributed by atoms with Gasteiger partial charge in [0.05, 0.1) is 10.9 Å². The third kappa shape index (κ3) is 6.31. The highest BCUT2D eigenvalue weighted by molar-refractivity contribution is 7.89. The zero-order valence-electron chi connectivity index (χ0n) is 17.3. The molecule has 3 aromatic rings. The predicted molar refractivity (Wildman–Crippen MR) is 128 cm³/mol. The molecule has 0 aliphatic heterocycles. The van der Waals surface area contributed by atoms with Gasteiger partial charge in [-0.25, -0.2) is 8.42 Å². The molecular formula is C24H26Cl2N2O2S. The summed E-state index contributed by atoms with van der Waals surface area (Å²) < 4.78 is 27.7. The first kappa shape index (κ1) is 23.8. The topological polar surface area (TPSA) is 49.4 Å². The molecule has 0 aromatic heterocycles. The maximum atomic E-state index is 13.1. The Bertz CT molecular complexity index is 1060. The first-order valence-corrected chi connectivity index (χ1v) is 12.4. The van der Waals surface area contributed by atoms with Gasteiger partial charge in [-0.3, -0.25) is 0 Å². The van der Waals surface area contributed by atoms with Crippen molar-refractivity contribution in [3.8, 4) is 0 Å². The summed E-state index contributed by atoms with van der Waals surface area (Å²) >= 11 is 12.0. The average Bonchev–Trinajstić information content (AvgIpc) is 2.77. The van der Waals surface area contributed by atoms with E-state index in [1.54, 1.807) is 24.3 Å². The van der Waals surface area contributed by atoms with Crippen LogP contribution in [0, 0.1) is 6.92 Å². The monoisotopic (exact) mass is 476 g/mol. The van der Waals surface area contributed by atoms with E-state index in [4.69, 9.17) is 23.2 Å². The SMILES string of the molecule is Cc1ccc(S(=O)(=O)N(CCCl)CCN[C@H](c2ccccc2)c2ccc(Cl)cc2)cc1. The molecule has 3 aromatic carbocycles. The molecule has 0 radical (unpaired) electrons. The second kappa shape index (κ2) is 11.1. The second-order valence-electron chi connectivity index (χ2n) is 7.26. The van der Waals surface area contributed by atoms with Gasteiger partial charge in [0.1, 0.15) is 0 Å². The number of sulfonamides is 1. The maximum absolute atomic E-state index is 13.1. The molecule has 164 valence electrons. The highest BCUT2D eigenvalue weighted by Crippen LogP contribution is 2.24. The smallest absolute Gasteiger partial charge is 0.243 e. The molecule has 0 unspecified atom stereocenters. The van der Waals surface area contributed by atoms with Gasteiger partial charge in [0, 0.05) is 30.5 Å². The van der Waals surface area contributed by atoms with Crippen LogP contribution >= 0.6 is 23.2 Å². The minimum Gasteiger partial charge on any atom is -0.305 e. The Morgan fingerprint density at radius 2 is 1.48 bits per heavy atom. The van der Waals surface area contributed by atoms with Crippen molar-refractivity contribution in [3.05, 3.63) is 101 Å². The van der Waals surface area contributed by atoms with Crippen LogP contribution in [0.2, 0.25) is 5.02 Å². The Kier molecular flexibility index (Phi) is 8.52. The van der Waals surface area contributed by atoms with Crippen LogP contribution in [0.5, 0.6) is 0 Å². The van der Waals surface area contributed by atoms with Crippen molar-refractivity contribution >= 4 is 33.2 Å². The fraction of sp³-hybridized carbons (Fsp3) is 0.250. The number of benzene rings is 3. The third-order valence-electron chi connectivity index (χ3n) is 5.04. The standard InChI is InChI=1S/C24H26Cl2N2O2S/c1-19-7-13-23(14-8-19)31(29,30)28(17-15-25)18-16-27-24(20-5-3-2-4-6-20)21-9-11-22(26)12-10-21/h2-14,24,27H,15-18H2,1H3/t24-/m1/s1. The van der Waals surface area contributed by atoms with Crippen molar-refractivity contribution in [1.82, 2.24) is 9.62 Å². The molecular weight excluding hydrogens is 451 g/mol. The molecule has 0 bridgehead atoms. The number of aryl methyl sites for hydroxylation is 1. The lowest BCUT2D eigenvalue weighted by Gasteiger charge is -2.24. The van der Waals surface area contributed by atoms with Gasteiger partial charge < -0.3 is 5.32 Å². The molecule has 3 rings (SSSR count). The molecule has 0 spiro atoms. The third-order valence-corrected chi connectivity index (χ3v) is 7.37. The van der Waals surface area contributed by atoms with E-state index in [1.807, 2.05) is 61.5 Å². The molecule has 0 amide bonds. The van der Waals surface area contributed by atoms with Crippen LogP contribution in [-0.4, -0.2) is 38.2 Å². The van der Waals surface area contributed by atoms with Gasteiger partial charge in [0.25, 0.3) is 0 Å². The quantitative estimate of drug-likeness (QED) is 0.406. The van der Waals surface area contributed by atoms with Crippen molar-refractivity contribution < 1.29 is 8.42 Å². The van der Waals surface area contributed by atoms with Crippen molar-refractivity contribution in [3.63, 3.8) is 0 Å². The number of alkyl halides is 1. The van der Waals surface area contributed by atoms with Crippen molar-refractivity contribution in [2.75, 3.05) is 25.5 Å². The van der Waals surface area contributed by atoms with Gasteiger partial charge in [0.15, 0.2) is 0 Å². The van der Waals surface area contributed by atoms with Crippen molar-refractivity contribution in [2.45, 2.75) is 17.9 Å². The fourth-order valence-corrected chi connectivity index (χ4v) is 5.24. The van der Waals surface area contributed by atoms with E-state index in [0.29, 0.717) is 18.1 Å². The normalized spacial score (nSPS) is 12.8. The van der Waals surface area contributed by atoms with E-state index in [2.05, 4.69) is 5.32 Å². The number of rotatable bonds is 10. The highest BCUT2D eigenvalue weighted by atomic mass is 35.5. The van der Waals surface area contributed by atoms with Gasteiger partial charge in [-0.15, -0.1) is 11.6 Å². The lowest BCUT2D eigenvalue weighted by molar-refractivity contribution is 0.414. The maximum Gasteiger partial charge on any atom is 0.243 e. The molecule has 0 saturated heterocycles. The van der Waals surface area contributed by atoms with E-state index < -0.39 is 10.0 Å². The molecule has 0 saturated carbocycles. The second-order valence-corrected chi connectivity index (χ2v) is 10.0. The van der Waals surface area contributed by atoms with Crippen LogP contribution in [0.3, 0.4) is 0 Å². The zero-order valence-corrected chi connectivity index (χ0v) is 19.7. The summed E-state index contributed by atoms with van der Waals surface area (Å²) in [5.41, 5.74) is 3.16. The van der Waals surface area contributed by atoms with Gasteiger partial charge in [-0.2, -0.15) is 4.31 Å². The van der Waals surface area contributed by atoms with E-state index in [9.17, 15) is 8.42 Å². The molecule has 0 aliphatic rings. The van der Waals surface area contributed by atoms with Gasteiger partial charge in [0.2, 0.25) is 10.0 Å². The molecule has 0 fully saturated rings. The molecule has 1 N–H and O–H groups in total. The Labute approximate surface area is 194 Å². The van der Waals surface area contributed by atoms with Crippen LogP contribution in [-0.2, 0) is 10.0 Å². The van der Waals surface area contributed by atoms with Crippen LogP contribution in [0.4, 0.5) is 0 Å². The lowest BCUT2D eigenvalue weighted by atomic mass is 9.99. The molecule has 0 heterocycles. The fourth-order valence-electron chi connectivity index (χ4n) is 3.37. The molecule has 0 aliphatic carbocycles. The number of hydrogen-bond acceptors (Lipinski definition) is 3. The number of halogens is 2. The summed E-state index contributed by atoms with van der Waals surface area (Å²) in [6.45, 7) is 2.94.